The van der Waals surface area contributed by atoms with E-state index in [0.29, 0.717) is 36.8 Å². The molecule has 0 amide bonds. The number of benzene rings is 1. The molecule has 2 aliphatic rings. The van der Waals surface area contributed by atoms with Gasteiger partial charge in [-0.25, -0.2) is 14.6 Å². The normalized spacial score (nSPS) is 25.0. The van der Waals surface area contributed by atoms with E-state index in [1.54, 1.807) is 24.3 Å². The number of nitrogens with two attached hydrogens (primary N) is 1. The highest BCUT2D eigenvalue weighted by Crippen LogP contribution is 2.39. The predicted molar refractivity (Wildman–Crippen MR) is 129 cm³/mol. The summed E-state index contributed by atoms with van der Waals surface area (Å²) in [5.41, 5.74) is -0.853. The number of hydrogen-bond donors (Lipinski definition) is 2. The maximum absolute atomic E-state index is 12.8. The Balaban J connectivity index is 1.62. The minimum atomic E-state index is -0.510. The summed E-state index contributed by atoms with van der Waals surface area (Å²) in [6.07, 6.45) is 1.77. The van der Waals surface area contributed by atoms with Crippen molar-refractivity contribution in [3.8, 4) is 0 Å². The average molecular weight is 476 g/mol. The van der Waals surface area contributed by atoms with Gasteiger partial charge in [0.15, 0.2) is 0 Å². The summed E-state index contributed by atoms with van der Waals surface area (Å²) in [7, 11) is 0. The van der Waals surface area contributed by atoms with Crippen molar-refractivity contribution in [1.82, 2.24) is 10.1 Å². The zero-order valence-electron chi connectivity index (χ0n) is 21.8. The quantitative estimate of drug-likeness (QED) is 0.490. The molecule has 0 bridgehead atoms. The largest absolute Gasteiger partial charge is 0.459 e. The van der Waals surface area contributed by atoms with E-state index in [1.165, 1.54) is 5.06 Å². The third-order valence-electron chi connectivity index (χ3n) is 7.26. The van der Waals surface area contributed by atoms with Crippen LogP contribution in [0.2, 0.25) is 0 Å². The van der Waals surface area contributed by atoms with Crippen LogP contribution in [0.3, 0.4) is 0 Å². The highest BCUT2D eigenvalue weighted by atomic mass is 16.6. The zero-order chi connectivity index (χ0) is 25.7. The van der Waals surface area contributed by atoms with E-state index in [4.69, 9.17) is 15.3 Å². The number of hydroxylamine groups is 2. The van der Waals surface area contributed by atoms with Gasteiger partial charge in [0, 0.05) is 47.8 Å². The number of carbonyl (C=O) groups is 2. The lowest BCUT2D eigenvalue weighted by Crippen LogP contribution is -2.65. The van der Waals surface area contributed by atoms with E-state index in [0.717, 1.165) is 0 Å². The molecule has 2 aliphatic heterocycles. The van der Waals surface area contributed by atoms with Crippen LogP contribution in [0.5, 0.6) is 0 Å². The van der Waals surface area contributed by atoms with Crippen LogP contribution < -0.4 is 5.84 Å². The molecule has 0 aliphatic carbocycles. The van der Waals surface area contributed by atoms with Crippen LogP contribution in [-0.2, 0) is 9.47 Å². The van der Waals surface area contributed by atoms with Crippen molar-refractivity contribution < 1.29 is 24.3 Å². The fraction of sp³-hybridized carbons (Fsp3) is 0.692. The molecule has 0 saturated carbocycles. The van der Waals surface area contributed by atoms with Crippen molar-refractivity contribution in [3.05, 3.63) is 35.4 Å². The third-order valence-corrected chi connectivity index (χ3v) is 7.26. The van der Waals surface area contributed by atoms with Crippen molar-refractivity contribution >= 4 is 11.9 Å². The minimum absolute atomic E-state index is 0.244. The fourth-order valence-corrected chi connectivity index (χ4v) is 5.73. The number of nitrogens with zero attached hydrogens (tertiary/aromatic N) is 2. The molecule has 34 heavy (non-hydrogen) atoms. The highest BCUT2D eigenvalue weighted by molar-refractivity contribution is 5.93. The van der Waals surface area contributed by atoms with E-state index in [-0.39, 0.29) is 23.3 Å². The van der Waals surface area contributed by atoms with Crippen molar-refractivity contribution in [2.75, 3.05) is 0 Å². The zero-order valence-corrected chi connectivity index (χ0v) is 21.8. The van der Waals surface area contributed by atoms with Crippen LogP contribution in [0.1, 0.15) is 102 Å². The molecule has 190 valence electrons. The Morgan fingerprint density at radius 1 is 0.735 bits per heavy atom. The molecule has 0 atom stereocenters. The molecule has 1 aromatic rings. The van der Waals surface area contributed by atoms with Gasteiger partial charge in [0.05, 0.1) is 11.1 Å². The monoisotopic (exact) mass is 475 g/mol. The number of hydrogen-bond acceptors (Lipinski definition) is 8. The van der Waals surface area contributed by atoms with E-state index < -0.39 is 23.0 Å². The first kappa shape index (κ1) is 26.6. The molecule has 8 heteroatoms. The van der Waals surface area contributed by atoms with Crippen molar-refractivity contribution in [1.29, 1.82) is 0 Å². The van der Waals surface area contributed by atoms with Crippen molar-refractivity contribution in [3.63, 3.8) is 0 Å². The first-order valence-corrected chi connectivity index (χ1v) is 12.0. The molecule has 0 aromatic heterocycles. The number of piperidine rings is 2. The van der Waals surface area contributed by atoms with Gasteiger partial charge in [-0.2, -0.15) is 5.06 Å². The number of carbonyl (C=O) groups excluding carboxylic acids is 2. The first-order chi connectivity index (χ1) is 15.4. The van der Waals surface area contributed by atoms with E-state index >= 15 is 0 Å². The Kier molecular flexibility index (Phi) is 6.96. The SMILES string of the molecule is CC1(C)CC(OC(=O)c2ccc(C(=O)OC3CC(C)(C)N(O)C(C)(C)C3)cc2)CC(C)(C)N1N. The van der Waals surface area contributed by atoms with Crippen molar-refractivity contribution in [2.24, 2.45) is 5.84 Å². The third kappa shape index (κ3) is 5.46. The Hall–Kier alpha value is -2.00. The molecule has 2 fully saturated rings. The standard InChI is InChI=1S/C26H41N3O5/c1-23(2)13-19(14-24(3,4)28(23)27)33-21(30)17-9-11-18(12-10-17)22(31)34-20-15-25(5,6)29(32)26(7,8)16-20/h9-12,19-20,32H,13-16,27H2,1-8H3. The molecular formula is C26H41N3O5. The Labute approximate surface area is 203 Å². The molecule has 3 N–H and O–H groups in total. The predicted octanol–water partition coefficient (Wildman–Crippen LogP) is 4.31. The molecule has 2 heterocycles. The maximum Gasteiger partial charge on any atom is 0.338 e. The molecule has 0 spiro atoms. The second-order valence-corrected chi connectivity index (χ2v) is 12.4. The van der Waals surface area contributed by atoms with Gasteiger partial charge in [-0.15, -0.1) is 0 Å². The number of hydrazine groups is 1. The first-order valence-electron chi connectivity index (χ1n) is 12.0. The fourth-order valence-electron chi connectivity index (χ4n) is 5.73. The van der Waals surface area contributed by atoms with E-state index in [2.05, 4.69) is 0 Å². The van der Waals surface area contributed by atoms with E-state index in [9.17, 15) is 14.8 Å². The van der Waals surface area contributed by atoms with Crippen LogP contribution in [0, 0.1) is 0 Å². The summed E-state index contributed by atoms with van der Waals surface area (Å²) in [6.45, 7) is 15.9. The summed E-state index contributed by atoms with van der Waals surface area (Å²) in [5, 5.41) is 13.6. The van der Waals surface area contributed by atoms with Crippen LogP contribution in [-0.4, -0.2) is 61.6 Å². The van der Waals surface area contributed by atoms with Gasteiger partial charge in [0.1, 0.15) is 12.2 Å². The van der Waals surface area contributed by atoms with Gasteiger partial charge < -0.3 is 14.7 Å². The Morgan fingerprint density at radius 2 is 1.03 bits per heavy atom. The average Bonchev–Trinajstić information content (AvgIpc) is 2.69. The topological polar surface area (TPSA) is 105 Å². The summed E-state index contributed by atoms with van der Waals surface area (Å²) in [4.78, 5) is 25.5. The molecule has 0 radical (unpaired) electrons. The summed E-state index contributed by atoms with van der Waals surface area (Å²) < 4.78 is 11.6. The van der Waals surface area contributed by atoms with Crippen LogP contribution in [0.25, 0.3) is 0 Å². The van der Waals surface area contributed by atoms with Crippen molar-refractivity contribution in [2.45, 2.75) is 115 Å². The Morgan fingerprint density at radius 3 is 1.35 bits per heavy atom. The molecular weight excluding hydrogens is 434 g/mol. The number of rotatable bonds is 4. The maximum atomic E-state index is 12.8. The summed E-state index contributed by atoms with van der Waals surface area (Å²) in [5.74, 6) is 5.42. The lowest BCUT2D eigenvalue weighted by atomic mass is 9.80. The van der Waals surface area contributed by atoms with Gasteiger partial charge in [-0.05, 0) is 79.7 Å². The van der Waals surface area contributed by atoms with E-state index in [1.807, 2.05) is 60.4 Å². The number of esters is 2. The Bertz CT molecular complexity index is 812. The van der Waals surface area contributed by atoms with Crippen LogP contribution >= 0.6 is 0 Å². The molecule has 3 rings (SSSR count). The summed E-state index contributed by atoms with van der Waals surface area (Å²) >= 11 is 0. The smallest absolute Gasteiger partial charge is 0.338 e. The van der Waals surface area contributed by atoms with Gasteiger partial charge >= 0.3 is 11.9 Å². The van der Waals surface area contributed by atoms with Gasteiger partial charge in [-0.1, -0.05) is 0 Å². The van der Waals surface area contributed by atoms with Gasteiger partial charge in [0.2, 0.25) is 0 Å². The minimum Gasteiger partial charge on any atom is -0.459 e. The lowest BCUT2D eigenvalue weighted by molar-refractivity contribution is -0.256. The van der Waals surface area contributed by atoms with Gasteiger partial charge in [0.25, 0.3) is 0 Å². The summed E-state index contributed by atoms with van der Waals surface area (Å²) in [6, 6.07) is 6.37. The van der Waals surface area contributed by atoms with Crippen LogP contribution in [0.4, 0.5) is 0 Å². The van der Waals surface area contributed by atoms with Gasteiger partial charge in [-0.3, -0.25) is 5.84 Å². The number of ether oxygens (including phenoxy) is 2. The highest BCUT2D eigenvalue weighted by Gasteiger charge is 2.47. The molecule has 0 unspecified atom stereocenters. The second kappa shape index (κ2) is 8.90. The molecule has 1 aromatic carbocycles. The molecule has 2 saturated heterocycles. The lowest BCUT2D eigenvalue weighted by Gasteiger charge is -2.52. The molecule has 8 nitrogen and oxygen atoms in total. The van der Waals surface area contributed by atoms with Crippen LogP contribution in [0.15, 0.2) is 24.3 Å². The second-order valence-electron chi connectivity index (χ2n) is 12.4.